The number of likely N-dealkylation sites (N-methyl/N-ethyl adjacent to an activating group) is 1. The summed E-state index contributed by atoms with van der Waals surface area (Å²) in [6.45, 7) is 2.17. The van der Waals surface area contributed by atoms with Gasteiger partial charge in [-0.2, -0.15) is 0 Å². The van der Waals surface area contributed by atoms with E-state index in [0.29, 0.717) is 17.5 Å². The minimum atomic E-state index is -0.513. The molecular weight excluding hydrogens is 344 g/mol. The minimum absolute atomic E-state index is 0.124. The minimum Gasteiger partial charge on any atom is -0.486 e. The molecule has 0 saturated carbocycles. The van der Waals surface area contributed by atoms with Gasteiger partial charge in [0.15, 0.2) is 0 Å². The molecule has 1 atom stereocenters. The summed E-state index contributed by atoms with van der Waals surface area (Å²) in [4.78, 5) is 22.0. The van der Waals surface area contributed by atoms with Crippen LogP contribution < -0.4 is 10.1 Å². The summed E-state index contributed by atoms with van der Waals surface area (Å²) in [5.41, 5.74) is -0.124. The number of benzene rings is 1. The van der Waals surface area contributed by atoms with Crippen LogP contribution in [0.3, 0.4) is 0 Å². The molecular formula is C13H17BrN2O5. The van der Waals surface area contributed by atoms with E-state index >= 15 is 0 Å². The predicted octanol–water partition coefficient (Wildman–Crippen LogP) is 2.28. The van der Waals surface area contributed by atoms with Crippen LogP contribution in [0.4, 0.5) is 5.69 Å². The van der Waals surface area contributed by atoms with Gasteiger partial charge in [-0.05, 0) is 36.0 Å². The molecule has 1 aromatic rings. The maximum absolute atomic E-state index is 11.6. The lowest BCUT2D eigenvalue weighted by atomic mass is 10.2. The highest BCUT2D eigenvalue weighted by molar-refractivity contribution is 9.10. The van der Waals surface area contributed by atoms with Crippen molar-refractivity contribution in [3.63, 3.8) is 0 Å². The van der Waals surface area contributed by atoms with Crippen LogP contribution in [0, 0.1) is 10.1 Å². The molecule has 0 aliphatic rings. The number of nitro groups is 1. The lowest BCUT2D eigenvalue weighted by Gasteiger charge is -2.15. The fourth-order valence-corrected chi connectivity index (χ4v) is 2.16. The number of para-hydroxylation sites is 1. The van der Waals surface area contributed by atoms with Gasteiger partial charge in [-0.1, -0.05) is 6.07 Å². The second-order valence-corrected chi connectivity index (χ2v) is 4.93. The van der Waals surface area contributed by atoms with Crippen molar-refractivity contribution in [2.24, 2.45) is 0 Å². The first-order chi connectivity index (χ1) is 10.0. The van der Waals surface area contributed by atoms with Gasteiger partial charge in [-0.15, -0.1) is 0 Å². The van der Waals surface area contributed by atoms with E-state index in [1.54, 1.807) is 26.1 Å². The third-order valence-electron chi connectivity index (χ3n) is 2.72. The van der Waals surface area contributed by atoms with Crippen molar-refractivity contribution < 1.29 is 19.2 Å². The van der Waals surface area contributed by atoms with Crippen molar-refractivity contribution in [2.45, 2.75) is 19.4 Å². The van der Waals surface area contributed by atoms with Gasteiger partial charge in [-0.25, -0.2) is 0 Å². The molecule has 1 aromatic carbocycles. The summed E-state index contributed by atoms with van der Waals surface area (Å²) in [6, 6.07) is 4.07. The van der Waals surface area contributed by atoms with Crippen LogP contribution in [0.2, 0.25) is 0 Å². The van der Waals surface area contributed by atoms with Gasteiger partial charge in [-0.3, -0.25) is 14.9 Å². The van der Waals surface area contributed by atoms with Crippen LogP contribution in [0.15, 0.2) is 22.7 Å². The van der Waals surface area contributed by atoms with Crippen molar-refractivity contribution in [3.8, 4) is 5.75 Å². The Balaban J connectivity index is 2.67. The van der Waals surface area contributed by atoms with Gasteiger partial charge in [0.05, 0.1) is 22.6 Å². The zero-order valence-corrected chi connectivity index (χ0v) is 13.4. The number of nitrogens with one attached hydrogen (secondary N) is 1. The molecule has 0 aliphatic heterocycles. The fraction of sp³-hybridized carbons (Fsp3) is 0.462. The molecule has 1 unspecified atom stereocenters. The van der Waals surface area contributed by atoms with E-state index in [1.165, 1.54) is 6.07 Å². The van der Waals surface area contributed by atoms with Gasteiger partial charge in [0.1, 0.15) is 6.04 Å². The molecule has 0 aromatic heterocycles. The first kappa shape index (κ1) is 17.4. The van der Waals surface area contributed by atoms with Gasteiger partial charge in [0.2, 0.25) is 5.75 Å². The zero-order valence-electron chi connectivity index (χ0n) is 11.8. The Kier molecular flexibility index (Phi) is 7.10. The normalized spacial score (nSPS) is 11.8. The average Bonchev–Trinajstić information content (AvgIpc) is 2.44. The predicted molar refractivity (Wildman–Crippen MR) is 80.4 cm³/mol. The van der Waals surface area contributed by atoms with Crippen LogP contribution in [-0.4, -0.2) is 37.2 Å². The maximum atomic E-state index is 11.6. The second kappa shape index (κ2) is 8.58. The quantitative estimate of drug-likeness (QED) is 0.434. The van der Waals surface area contributed by atoms with E-state index < -0.39 is 11.0 Å². The molecule has 0 aliphatic carbocycles. The number of carbonyl (C=O) groups excluding carboxylic acids is 1. The van der Waals surface area contributed by atoms with Crippen LogP contribution >= 0.6 is 15.9 Å². The lowest BCUT2D eigenvalue weighted by molar-refractivity contribution is -0.386. The van der Waals surface area contributed by atoms with E-state index in [0.717, 1.165) is 0 Å². The van der Waals surface area contributed by atoms with Crippen molar-refractivity contribution in [2.75, 3.05) is 20.3 Å². The number of nitro benzene ring substituents is 1. The lowest BCUT2D eigenvalue weighted by Crippen LogP contribution is -2.36. The monoisotopic (exact) mass is 360 g/mol. The van der Waals surface area contributed by atoms with Crippen LogP contribution in [0.1, 0.15) is 13.3 Å². The molecule has 0 fully saturated rings. The summed E-state index contributed by atoms with van der Waals surface area (Å²) < 4.78 is 10.9. The Morgan fingerprint density at radius 1 is 1.52 bits per heavy atom. The van der Waals surface area contributed by atoms with Crippen molar-refractivity contribution >= 4 is 27.6 Å². The van der Waals surface area contributed by atoms with Crippen LogP contribution in [0.25, 0.3) is 0 Å². The van der Waals surface area contributed by atoms with Crippen molar-refractivity contribution in [1.29, 1.82) is 0 Å². The Morgan fingerprint density at radius 2 is 2.24 bits per heavy atom. The third-order valence-corrected chi connectivity index (χ3v) is 3.34. The van der Waals surface area contributed by atoms with Crippen molar-refractivity contribution in [1.82, 2.24) is 5.32 Å². The van der Waals surface area contributed by atoms with E-state index in [9.17, 15) is 14.9 Å². The summed E-state index contributed by atoms with van der Waals surface area (Å²) in [7, 11) is 1.64. The molecule has 1 N–H and O–H groups in total. The summed E-state index contributed by atoms with van der Waals surface area (Å²) in [5.74, 6) is -0.216. The van der Waals surface area contributed by atoms with E-state index in [4.69, 9.17) is 9.47 Å². The van der Waals surface area contributed by atoms with E-state index in [-0.39, 0.29) is 24.0 Å². The van der Waals surface area contributed by atoms with Gasteiger partial charge in [0, 0.05) is 12.5 Å². The van der Waals surface area contributed by atoms with Crippen LogP contribution in [-0.2, 0) is 9.53 Å². The summed E-state index contributed by atoms with van der Waals surface area (Å²) in [6.07, 6.45) is 0.341. The molecule has 0 radical (unpaired) electrons. The number of carbonyl (C=O) groups is 1. The number of hydrogen-bond acceptors (Lipinski definition) is 6. The Morgan fingerprint density at radius 3 is 2.81 bits per heavy atom. The number of halogens is 1. The average molecular weight is 361 g/mol. The molecule has 116 valence electrons. The number of esters is 1. The van der Waals surface area contributed by atoms with E-state index in [2.05, 4.69) is 21.2 Å². The Labute approximate surface area is 130 Å². The van der Waals surface area contributed by atoms with Gasteiger partial charge in [0.25, 0.3) is 0 Å². The molecule has 0 heterocycles. The standard InChI is InChI=1S/C13H17BrN2O5/c1-3-20-13(17)10(15-2)7-8-21-12-9(14)5-4-6-11(12)16(18)19/h4-6,10,15H,3,7-8H2,1-2H3. The molecule has 1 rings (SSSR count). The highest BCUT2D eigenvalue weighted by Crippen LogP contribution is 2.34. The second-order valence-electron chi connectivity index (χ2n) is 4.08. The number of ether oxygens (including phenoxy) is 2. The number of hydrogen-bond donors (Lipinski definition) is 1. The van der Waals surface area contributed by atoms with Crippen molar-refractivity contribution in [3.05, 3.63) is 32.8 Å². The van der Waals surface area contributed by atoms with Crippen LogP contribution in [0.5, 0.6) is 5.75 Å². The van der Waals surface area contributed by atoms with Gasteiger partial charge < -0.3 is 14.8 Å². The number of nitrogens with zero attached hydrogens (tertiary/aromatic N) is 1. The zero-order chi connectivity index (χ0) is 15.8. The van der Waals surface area contributed by atoms with Gasteiger partial charge >= 0.3 is 11.7 Å². The Hall–Kier alpha value is -1.67. The smallest absolute Gasteiger partial charge is 0.323 e. The van der Waals surface area contributed by atoms with E-state index in [1.807, 2.05) is 0 Å². The molecule has 0 bridgehead atoms. The first-order valence-electron chi connectivity index (χ1n) is 6.40. The Bertz CT molecular complexity index is 509. The highest BCUT2D eigenvalue weighted by Gasteiger charge is 2.21. The summed E-state index contributed by atoms with van der Waals surface area (Å²) >= 11 is 3.22. The molecule has 8 heteroatoms. The molecule has 7 nitrogen and oxygen atoms in total. The third kappa shape index (κ3) is 4.98. The molecule has 21 heavy (non-hydrogen) atoms. The number of rotatable bonds is 8. The molecule has 0 amide bonds. The highest BCUT2D eigenvalue weighted by atomic mass is 79.9. The SMILES string of the molecule is CCOC(=O)C(CCOc1c(Br)cccc1[N+](=O)[O-])NC. The topological polar surface area (TPSA) is 90.7 Å². The molecule has 0 spiro atoms. The largest absolute Gasteiger partial charge is 0.486 e. The fourth-order valence-electron chi connectivity index (χ4n) is 1.69. The molecule has 0 saturated heterocycles. The first-order valence-corrected chi connectivity index (χ1v) is 7.20. The summed E-state index contributed by atoms with van der Waals surface area (Å²) in [5, 5.41) is 13.8. The maximum Gasteiger partial charge on any atom is 0.323 e.